The maximum absolute atomic E-state index is 10.1. The Morgan fingerprint density at radius 2 is 1.83 bits per heavy atom. The van der Waals surface area contributed by atoms with Crippen LogP contribution in [0, 0.1) is 25.2 Å². The molecule has 0 fully saturated rings. The van der Waals surface area contributed by atoms with E-state index < -0.39 is 0 Å². The van der Waals surface area contributed by atoms with Gasteiger partial charge in [0.25, 0.3) is 0 Å². The summed E-state index contributed by atoms with van der Waals surface area (Å²) in [6.45, 7) is 4.55. The maximum Gasteiger partial charge on any atom is 0.190 e. The van der Waals surface area contributed by atoms with Crippen molar-refractivity contribution in [2.75, 3.05) is 4.90 Å². The van der Waals surface area contributed by atoms with Crippen LogP contribution in [0.3, 0.4) is 0 Å². The number of para-hydroxylation sites is 1. The molecule has 3 aromatic rings. The van der Waals surface area contributed by atoms with Crippen LogP contribution in [0.2, 0.25) is 0 Å². The molecule has 24 heavy (non-hydrogen) atoms. The summed E-state index contributed by atoms with van der Waals surface area (Å²) in [5.74, 6) is 0.265. The monoisotopic (exact) mass is 335 g/mol. The number of rotatable bonds is 4. The Bertz CT molecular complexity index is 874. The fraction of sp³-hybridized carbons (Fsp3) is 0.158. The standard InChI is InChI=1S/C19H17N3OS/c1-13-14(2)24-19(21-13)22(12-16-5-3-4-6-18(16)23)17-9-7-15(11-20)8-10-17/h3-10,23H,12H2,1-2H3. The van der Waals surface area contributed by atoms with Gasteiger partial charge in [0.05, 0.1) is 23.9 Å². The summed E-state index contributed by atoms with van der Waals surface area (Å²) < 4.78 is 0. The van der Waals surface area contributed by atoms with Crippen molar-refractivity contribution in [2.45, 2.75) is 20.4 Å². The molecule has 5 heteroatoms. The number of nitriles is 1. The van der Waals surface area contributed by atoms with Crippen molar-refractivity contribution in [3.05, 3.63) is 70.2 Å². The highest BCUT2D eigenvalue weighted by Gasteiger charge is 2.16. The second-order valence-electron chi connectivity index (χ2n) is 5.51. The van der Waals surface area contributed by atoms with E-state index in [0.717, 1.165) is 22.1 Å². The van der Waals surface area contributed by atoms with E-state index in [0.29, 0.717) is 12.1 Å². The first kappa shape index (κ1) is 16.0. The first-order chi connectivity index (χ1) is 11.6. The molecular weight excluding hydrogens is 318 g/mol. The average molecular weight is 335 g/mol. The predicted octanol–water partition coefficient (Wildman–Crippen LogP) is 4.68. The molecule has 0 amide bonds. The largest absolute Gasteiger partial charge is 0.508 e. The molecule has 0 aliphatic heterocycles. The summed E-state index contributed by atoms with van der Waals surface area (Å²) in [7, 11) is 0. The van der Waals surface area contributed by atoms with Gasteiger partial charge in [-0.25, -0.2) is 4.98 Å². The van der Waals surface area contributed by atoms with E-state index in [1.165, 1.54) is 4.88 Å². The number of hydrogen-bond donors (Lipinski definition) is 1. The normalized spacial score (nSPS) is 10.4. The van der Waals surface area contributed by atoms with Crippen molar-refractivity contribution in [1.82, 2.24) is 4.98 Å². The molecular formula is C19H17N3OS. The number of benzene rings is 2. The highest BCUT2D eigenvalue weighted by atomic mass is 32.1. The second-order valence-corrected chi connectivity index (χ2v) is 6.69. The molecule has 0 bridgehead atoms. The topological polar surface area (TPSA) is 60.1 Å². The van der Waals surface area contributed by atoms with E-state index in [2.05, 4.69) is 16.0 Å². The van der Waals surface area contributed by atoms with Crippen LogP contribution in [0.4, 0.5) is 10.8 Å². The van der Waals surface area contributed by atoms with E-state index in [1.54, 1.807) is 29.5 Å². The van der Waals surface area contributed by atoms with Crippen LogP contribution in [0.15, 0.2) is 48.5 Å². The van der Waals surface area contributed by atoms with E-state index in [-0.39, 0.29) is 5.75 Å². The lowest BCUT2D eigenvalue weighted by Crippen LogP contribution is -2.16. The Kier molecular flexibility index (Phi) is 4.50. The zero-order chi connectivity index (χ0) is 17.1. The highest BCUT2D eigenvalue weighted by Crippen LogP contribution is 2.34. The Morgan fingerprint density at radius 1 is 1.12 bits per heavy atom. The van der Waals surface area contributed by atoms with Gasteiger partial charge in [0.1, 0.15) is 5.75 Å². The molecule has 0 saturated carbocycles. The van der Waals surface area contributed by atoms with Gasteiger partial charge in [0, 0.05) is 16.1 Å². The number of phenols is 1. The minimum absolute atomic E-state index is 0.265. The number of aromatic nitrogens is 1. The maximum atomic E-state index is 10.1. The van der Waals surface area contributed by atoms with Gasteiger partial charge in [0.2, 0.25) is 0 Å². The zero-order valence-electron chi connectivity index (χ0n) is 13.5. The number of aryl methyl sites for hydroxylation is 2. The van der Waals surface area contributed by atoms with Crippen LogP contribution in [0.5, 0.6) is 5.75 Å². The Balaban J connectivity index is 2.03. The summed E-state index contributed by atoms with van der Waals surface area (Å²) in [5, 5.41) is 20.0. The van der Waals surface area contributed by atoms with Crippen LogP contribution in [-0.2, 0) is 6.54 Å². The van der Waals surface area contributed by atoms with E-state index >= 15 is 0 Å². The van der Waals surface area contributed by atoms with Gasteiger partial charge in [-0.05, 0) is 44.2 Å². The molecule has 0 atom stereocenters. The van der Waals surface area contributed by atoms with Crippen molar-refractivity contribution in [1.29, 1.82) is 5.26 Å². The van der Waals surface area contributed by atoms with E-state index in [9.17, 15) is 5.11 Å². The Morgan fingerprint density at radius 3 is 2.42 bits per heavy atom. The number of hydrogen-bond acceptors (Lipinski definition) is 5. The van der Waals surface area contributed by atoms with Crippen LogP contribution in [-0.4, -0.2) is 10.1 Å². The first-order valence-corrected chi connectivity index (χ1v) is 8.38. The lowest BCUT2D eigenvalue weighted by molar-refractivity contribution is 0.468. The van der Waals surface area contributed by atoms with Gasteiger partial charge in [-0.2, -0.15) is 5.26 Å². The molecule has 120 valence electrons. The van der Waals surface area contributed by atoms with Crippen LogP contribution in [0.1, 0.15) is 21.7 Å². The molecule has 0 aliphatic carbocycles. The van der Waals surface area contributed by atoms with Gasteiger partial charge < -0.3 is 10.0 Å². The molecule has 0 aliphatic rings. The third-order valence-corrected chi connectivity index (χ3v) is 4.97. The first-order valence-electron chi connectivity index (χ1n) is 7.57. The highest BCUT2D eigenvalue weighted by molar-refractivity contribution is 7.15. The predicted molar refractivity (Wildman–Crippen MR) is 96.7 cm³/mol. The van der Waals surface area contributed by atoms with Crippen molar-refractivity contribution in [3.63, 3.8) is 0 Å². The lowest BCUT2D eigenvalue weighted by Gasteiger charge is -2.22. The molecule has 4 nitrogen and oxygen atoms in total. The van der Waals surface area contributed by atoms with Crippen molar-refractivity contribution in [3.8, 4) is 11.8 Å². The molecule has 0 radical (unpaired) electrons. The SMILES string of the molecule is Cc1nc(N(Cc2ccccc2O)c2ccc(C#N)cc2)sc1C. The lowest BCUT2D eigenvalue weighted by atomic mass is 10.1. The van der Waals surface area contributed by atoms with Crippen LogP contribution >= 0.6 is 11.3 Å². The van der Waals surface area contributed by atoms with Crippen molar-refractivity contribution >= 4 is 22.2 Å². The Labute approximate surface area is 145 Å². The van der Waals surface area contributed by atoms with E-state index in [1.807, 2.05) is 44.2 Å². The third kappa shape index (κ3) is 3.24. The number of phenolic OH excluding ortho intramolecular Hbond substituents is 1. The minimum atomic E-state index is 0.265. The van der Waals surface area contributed by atoms with Gasteiger partial charge in [-0.1, -0.05) is 18.2 Å². The van der Waals surface area contributed by atoms with Gasteiger partial charge in [0.15, 0.2) is 5.13 Å². The molecule has 0 unspecified atom stereocenters. The van der Waals surface area contributed by atoms with Gasteiger partial charge >= 0.3 is 0 Å². The molecule has 0 saturated heterocycles. The Hall–Kier alpha value is -2.84. The molecule has 3 rings (SSSR count). The summed E-state index contributed by atoms with van der Waals surface area (Å²) in [4.78, 5) is 7.88. The van der Waals surface area contributed by atoms with E-state index in [4.69, 9.17) is 5.26 Å². The van der Waals surface area contributed by atoms with Crippen molar-refractivity contribution in [2.24, 2.45) is 0 Å². The number of nitrogens with zero attached hydrogens (tertiary/aromatic N) is 3. The summed E-state index contributed by atoms with van der Waals surface area (Å²) in [6, 6.07) is 16.8. The summed E-state index contributed by atoms with van der Waals surface area (Å²) in [6.07, 6.45) is 0. The van der Waals surface area contributed by atoms with Crippen molar-refractivity contribution < 1.29 is 5.11 Å². The smallest absolute Gasteiger partial charge is 0.190 e. The summed E-state index contributed by atoms with van der Waals surface area (Å²) >= 11 is 1.62. The van der Waals surface area contributed by atoms with Crippen LogP contribution < -0.4 is 4.90 Å². The fourth-order valence-corrected chi connectivity index (χ4v) is 3.30. The van der Waals surface area contributed by atoms with Crippen LogP contribution in [0.25, 0.3) is 0 Å². The molecule has 1 N–H and O–H groups in total. The number of thiazole rings is 1. The molecule has 2 aromatic carbocycles. The zero-order valence-corrected chi connectivity index (χ0v) is 14.3. The average Bonchev–Trinajstić information content (AvgIpc) is 2.93. The number of anilines is 2. The minimum Gasteiger partial charge on any atom is -0.508 e. The number of aromatic hydroxyl groups is 1. The third-order valence-electron chi connectivity index (χ3n) is 3.88. The quantitative estimate of drug-likeness (QED) is 0.752. The van der Waals surface area contributed by atoms with Gasteiger partial charge in [-0.15, -0.1) is 11.3 Å². The molecule has 1 aromatic heterocycles. The second kappa shape index (κ2) is 6.73. The molecule has 1 heterocycles. The fourth-order valence-electron chi connectivity index (χ4n) is 2.37. The summed E-state index contributed by atoms with van der Waals surface area (Å²) in [5.41, 5.74) is 3.39. The molecule has 0 spiro atoms. The van der Waals surface area contributed by atoms with Gasteiger partial charge in [-0.3, -0.25) is 0 Å².